The van der Waals surface area contributed by atoms with E-state index in [4.69, 9.17) is 23.2 Å². The summed E-state index contributed by atoms with van der Waals surface area (Å²) in [7, 11) is 0. The summed E-state index contributed by atoms with van der Waals surface area (Å²) >= 11 is 11.1. The van der Waals surface area contributed by atoms with Crippen LogP contribution in [-0.4, -0.2) is 9.91 Å². The highest BCUT2D eigenvalue weighted by Crippen LogP contribution is 2.42. The predicted molar refractivity (Wildman–Crippen MR) is 62.8 cm³/mol. The Morgan fingerprint density at radius 2 is 1.68 bits per heavy atom. The summed E-state index contributed by atoms with van der Waals surface area (Å²) in [4.78, 5) is 12.1. The van der Waals surface area contributed by atoms with Crippen molar-refractivity contribution in [2.75, 3.05) is 0 Å². The third-order valence-corrected chi connectivity index (χ3v) is 3.06. The molecule has 0 atom stereocenters. The molecule has 9 heteroatoms. The monoisotopic (exact) mass is 310 g/mol. The SMILES string of the molecule is O=[N+]([O-])c1c(-c2c(F)cc(F)cc2F)[nH]c(Cl)c1Cl. The van der Waals surface area contributed by atoms with Gasteiger partial charge >= 0.3 is 5.69 Å². The maximum atomic E-state index is 13.6. The molecule has 0 amide bonds. The summed E-state index contributed by atoms with van der Waals surface area (Å²) in [5.41, 5.74) is -2.15. The van der Waals surface area contributed by atoms with Crippen molar-refractivity contribution in [1.82, 2.24) is 4.98 Å². The normalized spacial score (nSPS) is 10.8. The summed E-state index contributed by atoms with van der Waals surface area (Å²) in [5.74, 6) is -3.77. The third-order valence-electron chi connectivity index (χ3n) is 2.31. The van der Waals surface area contributed by atoms with Crippen LogP contribution in [0.15, 0.2) is 12.1 Å². The number of aromatic amines is 1. The molecule has 0 saturated heterocycles. The molecule has 0 aliphatic carbocycles. The molecular formula is C10H3Cl2F3N2O2. The summed E-state index contributed by atoms with van der Waals surface area (Å²) in [5, 5.41) is 10.0. The van der Waals surface area contributed by atoms with E-state index in [1.165, 1.54) is 0 Å². The lowest BCUT2D eigenvalue weighted by Crippen LogP contribution is -1.96. The standard InChI is InChI=1S/C10H3Cl2F3N2O2/c11-7-9(17(18)19)8(16-10(7)12)6-4(14)1-3(13)2-5(6)15/h1-2,16H. The quantitative estimate of drug-likeness (QED) is 0.663. The van der Waals surface area contributed by atoms with Gasteiger partial charge < -0.3 is 4.98 Å². The first kappa shape index (κ1) is 13.7. The average molecular weight is 311 g/mol. The highest BCUT2D eigenvalue weighted by molar-refractivity contribution is 6.43. The molecule has 2 rings (SSSR count). The number of benzene rings is 1. The van der Waals surface area contributed by atoms with Crippen LogP contribution in [-0.2, 0) is 0 Å². The molecule has 0 radical (unpaired) electrons. The van der Waals surface area contributed by atoms with Crippen LogP contribution >= 0.6 is 23.2 Å². The molecule has 1 aromatic heterocycles. The maximum absolute atomic E-state index is 13.6. The van der Waals surface area contributed by atoms with Crippen LogP contribution in [0.1, 0.15) is 0 Å². The fraction of sp³-hybridized carbons (Fsp3) is 0. The Morgan fingerprint density at radius 1 is 1.16 bits per heavy atom. The molecule has 0 bridgehead atoms. The van der Waals surface area contributed by atoms with Gasteiger partial charge in [0.15, 0.2) is 5.02 Å². The maximum Gasteiger partial charge on any atom is 0.315 e. The van der Waals surface area contributed by atoms with Gasteiger partial charge in [-0.15, -0.1) is 0 Å². The van der Waals surface area contributed by atoms with Crippen molar-refractivity contribution in [2.24, 2.45) is 0 Å². The molecule has 0 aliphatic rings. The van der Waals surface area contributed by atoms with Crippen LogP contribution in [0.3, 0.4) is 0 Å². The summed E-state index contributed by atoms with van der Waals surface area (Å²) in [6.07, 6.45) is 0. The number of nitrogens with one attached hydrogen (secondary N) is 1. The molecule has 0 unspecified atom stereocenters. The number of H-pyrrole nitrogens is 1. The molecule has 4 nitrogen and oxygen atoms in total. The van der Waals surface area contributed by atoms with Gasteiger partial charge in [-0.3, -0.25) is 10.1 Å². The van der Waals surface area contributed by atoms with Crippen molar-refractivity contribution in [3.8, 4) is 11.3 Å². The van der Waals surface area contributed by atoms with E-state index in [2.05, 4.69) is 4.98 Å². The lowest BCUT2D eigenvalue weighted by atomic mass is 10.1. The fourth-order valence-corrected chi connectivity index (χ4v) is 1.97. The molecular weight excluding hydrogens is 308 g/mol. The van der Waals surface area contributed by atoms with Crippen LogP contribution in [0.5, 0.6) is 0 Å². The van der Waals surface area contributed by atoms with E-state index in [9.17, 15) is 23.3 Å². The van der Waals surface area contributed by atoms with Gasteiger partial charge in [-0.2, -0.15) is 0 Å². The van der Waals surface area contributed by atoms with Crippen molar-refractivity contribution in [2.45, 2.75) is 0 Å². The van der Waals surface area contributed by atoms with Crippen LogP contribution in [0.2, 0.25) is 10.2 Å². The van der Waals surface area contributed by atoms with E-state index in [0.29, 0.717) is 12.1 Å². The van der Waals surface area contributed by atoms with E-state index in [1.807, 2.05) is 0 Å². The molecule has 1 aromatic carbocycles. The van der Waals surface area contributed by atoms with E-state index in [0.717, 1.165) is 0 Å². The lowest BCUT2D eigenvalue weighted by Gasteiger charge is -2.03. The zero-order valence-electron chi connectivity index (χ0n) is 8.81. The largest absolute Gasteiger partial charge is 0.338 e. The van der Waals surface area contributed by atoms with Crippen molar-refractivity contribution >= 4 is 28.9 Å². The second-order valence-electron chi connectivity index (χ2n) is 3.48. The van der Waals surface area contributed by atoms with Gasteiger partial charge in [0.1, 0.15) is 28.3 Å². The van der Waals surface area contributed by atoms with Crippen LogP contribution < -0.4 is 0 Å². The molecule has 1 N–H and O–H groups in total. The fourth-order valence-electron chi connectivity index (χ4n) is 1.57. The lowest BCUT2D eigenvalue weighted by molar-refractivity contribution is -0.383. The van der Waals surface area contributed by atoms with Crippen molar-refractivity contribution < 1.29 is 18.1 Å². The molecule has 0 fully saturated rings. The van der Waals surface area contributed by atoms with Gasteiger partial charge in [0, 0.05) is 12.1 Å². The Labute approximate surface area is 113 Å². The summed E-state index contributed by atoms with van der Waals surface area (Å²) in [6.45, 7) is 0. The second-order valence-corrected chi connectivity index (χ2v) is 4.23. The van der Waals surface area contributed by atoms with E-state index >= 15 is 0 Å². The smallest absolute Gasteiger partial charge is 0.315 e. The first-order valence-corrected chi connectivity index (χ1v) is 5.44. The van der Waals surface area contributed by atoms with Crippen molar-refractivity contribution in [3.63, 3.8) is 0 Å². The minimum atomic E-state index is -1.31. The van der Waals surface area contributed by atoms with Gasteiger partial charge in [0.05, 0.1) is 10.5 Å². The van der Waals surface area contributed by atoms with Gasteiger partial charge in [0.25, 0.3) is 0 Å². The van der Waals surface area contributed by atoms with E-state index in [-0.39, 0.29) is 5.15 Å². The molecule has 19 heavy (non-hydrogen) atoms. The Kier molecular flexibility index (Phi) is 3.42. The van der Waals surface area contributed by atoms with Crippen LogP contribution in [0.4, 0.5) is 18.9 Å². The number of halogens is 5. The van der Waals surface area contributed by atoms with E-state index < -0.39 is 44.3 Å². The molecule has 0 spiro atoms. The Morgan fingerprint density at radius 3 is 2.16 bits per heavy atom. The van der Waals surface area contributed by atoms with Gasteiger partial charge in [0.2, 0.25) is 0 Å². The Balaban J connectivity index is 2.80. The van der Waals surface area contributed by atoms with Crippen molar-refractivity contribution in [3.05, 3.63) is 49.9 Å². The highest BCUT2D eigenvalue weighted by atomic mass is 35.5. The Hall–Kier alpha value is -1.73. The van der Waals surface area contributed by atoms with Gasteiger partial charge in [-0.1, -0.05) is 23.2 Å². The van der Waals surface area contributed by atoms with Crippen LogP contribution in [0, 0.1) is 27.6 Å². The number of nitro groups is 1. The number of hydrogen-bond donors (Lipinski definition) is 1. The zero-order valence-corrected chi connectivity index (χ0v) is 10.3. The first-order chi connectivity index (χ1) is 8.82. The molecule has 100 valence electrons. The van der Waals surface area contributed by atoms with Gasteiger partial charge in [-0.25, -0.2) is 13.2 Å². The predicted octanol–water partition coefficient (Wildman–Crippen LogP) is 4.31. The highest BCUT2D eigenvalue weighted by Gasteiger charge is 2.30. The number of hydrogen-bond acceptors (Lipinski definition) is 2. The third kappa shape index (κ3) is 2.26. The van der Waals surface area contributed by atoms with E-state index in [1.54, 1.807) is 0 Å². The minimum absolute atomic E-state index is 0.341. The number of nitrogens with zero attached hydrogens (tertiary/aromatic N) is 1. The molecule has 0 aliphatic heterocycles. The van der Waals surface area contributed by atoms with Gasteiger partial charge in [-0.05, 0) is 0 Å². The molecule has 2 aromatic rings. The molecule has 0 saturated carbocycles. The van der Waals surface area contributed by atoms with Crippen LogP contribution in [0.25, 0.3) is 11.3 Å². The second kappa shape index (κ2) is 4.75. The first-order valence-electron chi connectivity index (χ1n) is 4.69. The summed E-state index contributed by atoms with van der Waals surface area (Å²) < 4.78 is 39.9. The topological polar surface area (TPSA) is 58.9 Å². The zero-order chi connectivity index (χ0) is 14.3. The number of rotatable bonds is 2. The minimum Gasteiger partial charge on any atom is -0.338 e. The summed E-state index contributed by atoms with van der Waals surface area (Å²) in [6, 6.07) is 0.787. The average Bonchev–Trinajstić information content (AvgIpc) is 2.53. The number of aromatic nitrogens is 1. The molecule has 1 heterocycles. The van der Waals surface area contributed by atoms with Crippen molar-refractivity contribution in [1.29, 1.82) is 0 Å². The Bertz CT molecular complexity index is 665.